The molecular formula is C11H13BrO2. The Bertz CT molecular complexity index is 359. The van der Waals surface area contributed by atoms with E-state index in [-0.39, 0.29) is 5.78 Å². The number of carbonyl (C=O) groups excluding carboxylic acids is 1. The van der Waals surface area contributed by atoms with E-state index >= 15 is 0 Å². The Morgan fingerprint density at radius 3 is 2.64 bits per heavy atom. The summed E-state index contributed by atoms with van der Waals surface area (Å²) in [5.41, 5.74) is 1.70. The average molecular weight is 257 g/mol. The Labute approximate surface area is 92.4 Å². The molecule has 0 fully saturated rings. The van der Waals surface area contributed by atoms with Crippen molar-refractivity contribution in [2.75, 3.05) is 7.11 Å². The zero-order valence-corrected chi connectivity index (χ0v) is 10.1. The first-order chi connectivity index (χ1) is 6.60. The molecule has 1 aromatic rings. The Hall–Kier alpha value is -0.830. The van der Waals surface area contributed by atoms with Crippen LogP contribution < -0.4 is 4.74 Å². The van der Waals surface area contributed by atoms with E-state index in [0.29, 0.717) is 17.7 Å². The van der Waals surface area contributed by atoms with Crippen molar-refractivity contribution in [1.82, 2.24) is 0 Å². The summed E-state index contributed by atoms with van der Waals surface area (Å²) in [4.78, 5) is 11.6. The summed E-state index contributed by atoms with van der Waals surface area (Å²) < 4.78 is 6.02. The molecule has 1 rings (SSSR count). The summed E-state index contributed by atoms with van der Waals surface area (Å²) in [6.45, 7) is 3.80. The predicted octanol–water partition coefficient (Wildman–Crippen LogP) is 3.36. The van der Waals surface area contributed by atoms with Gasteiger partial charge in [-0.15, -0.1) is 0 Å². The molecule has 0 atom stereocenters. The monoisotopic (exact) mass is 256 g/mol. The van der Waals surface area contributed by atoms with Gasteiger partial charge in [-0.3, -0.25) is 4.79 Å². The van der Waals surface area contributed by atoms with Crippen molar-refractivity contribution in [1.29, 1.82) is 0 Å². The van der Waals surface area contributed by atoms with Gasteiger partial charge in [-0.1, -0.05) is 6.92 Å². The van der Waals surface area contributed by atoms with Crippen LogP contribution >= 0.6 is 15.9 Å². The Morgan fingerprint density at radius 1 is 1.50 bits per heavy atom. The summed E-state index contributed by atoms with van der Waals surface area (Å²) in [7, 11) is 1.57. The van der Waals surface area contributed by atoms with Crippen LogP contribution in [-0.2, 0) is 0 Å². The highest BCUT2D eigenvalue weighted by Crippen LogP contribution is 2.31. The van der Waals surface area contributed by atoms with E-state index in [1.54, 1.807) is 7.11 Å². The SMILES string of the molecule is CCC(=O)c1cc(C)cc(Br)c1OC. The Balaban J connectivity index is 3.32. The molecule has 0 saturated heterocycles. The molecule has 76 valence electrons. The van der Waals surface area contributed by atoms with Crippen LogP contribution in [0.15, 0.2) is 16.6 Å². The van der Waals surface area contributed by atoms with E-state index in [0.717, 1.165) is 10.0 Å². The van der Waals surface area contributed by atoms with Gasteiger partial charge >= 0.3 is 0 Å². The van der Waals surface area contributed by atoms with E-state index in [9.17, 15) is 4.79 Å². The lowest BCUT2D eigenvalue weighted by molar-refractivity contribution is 0.0985. The van der Waals surface area contributed by atoms with Gasteiger partial charge in [0, 0.05) is 6.42 Å². The van der Waals surface area contributed by atoms with Crippen LogP contribution in [0.5, 0.6) is 5.75 Å². The second-order valence-corrected chi connectivity index (χ2v) is 3.96. The third-order valence-corrected chi connectivity index (χ3v) is 2.60. The zero-order chi connectivity index (χ0) is 10.7. The second-order valence-electron chi connectivity index (χ2n) is 3.10. The van der Waals surface area contributed by atoms with E-state index < -0.39 is 0 Å². The van der Waals surface area contributed by atoms with Gasteiger partial charge in [0.2, 0.25) is 0 Å². The zero-order valence-electron chi connectivity index (χ0n) is 8.56. The first-order valence-corrected chi connectivity index (χ1v) is 5.26. The van der Waals surface area contributed by atoms with Gasteiger partial charge in [0.05, 0.1) is 17.1 Å². The first kappa shape index (κ1) is 11.2. The van der Waals surface area contributed by atoms with Gasteiger partial charge < -0.3 is 4.74 Å². The quantitative estimate of drug-likeness (QED) is 0.776. The number of methoxy groups -OCH3 is 1. The van der Waals surface area contributed by atoms with E-state index in [2.05, 4.69) is 15.9 Å². The molecule has 2 nitrogen and oxygen atoms in total. The summed E-state index contributed by atoms with van der Waals surface area (Å²) in [5, 5.41) is 0. The van der Waals surface area contributed by atoms with Crippen LogP contribution in [0.2, 0.25) is 0 Å². The molecule has 0 heterocycles. The van der Waals surface area contributed by atoms with Crippen molar-refractivity contribution < 1.29 is 9.53 Å². The number of rotatable bonds is 3. The van der Waals surface area contributed by atoms with Crippen LogP contribution in [0.4, 0.5) is 0 Å². The van der Waals surface area contributed by atoms with Gasteiger partial charge in [0.25, 0.3) is 0 Å². The fraction of sp³-hybridized carbons (Fsp3) is 0.364. The lowest BCUT2D eigenvalue weighted by Gasteiger charge is -2.09. The molecule has 0 radical (unpaired) electrons. The maximum absolute atomic E-state index is 11.6. The average Bonchev–Trinajstić information content (AvgIpc) is 2.15. The fourth-order valence-corrected chi connectivity index (χ4v) is 2.07. The number of aryl methyl sites for hydroxylation is 1. The maximum atomic E-state index is 11.6. The van der Waals surface area contributed by atoms with Gasteiger partial charge in [-0.25, -0.2) is 0 Å². The van der Waals surface area contributed by atoms with Gasteiger partial charge in [0.1, 0.15) is 5.75 Å². The van der Waals surface area contributed by atoms with Crippen molar-refractivity contribution in [3.8, 4) is 5.75 Å². The largest absolute Gasteiger partial charge is 0.495 e. The molecule has 0 bridgehead atoms. The lowest BCUT2D eigenvalue weighted by atomic mass is 10.1. The Kier molecular flexibility index (Phi) is 3.69. The highest BCUT2D eigenvalue weighted by Gasteiger charge is 2.13. The lowest BCUT2D eigenvalue weighted by Crippen LogP contribution is -2.01. The molecule has 0 spiro atoms. The number of ketones is 1. The van der Waals surface area contributed by atoms with E-state index in [4.69, 9.17) is 4.74 Å². The van der Waals surface area contributed by atoms with Crippen molar-refractivity contribution in [2.45, 2.75) is 20.3 Å². The normalized spacial score (nSPS) is 10.0. The number of ether oxygens (including phenoxy) is 1. The van der Waals surface area contributed by atoms with E-state index in [1.165, 1.54) is 0 Å². The van der Waals surface area contributed by atoms with Crippen molar-refractivity contribution in [3.63, 3.8) is 0 Å². The number of benzene rings is 1. The number of hydrogen-bond donors (Lipinski definition) is 0. The van der Waals surface area contributed by atoms with Gasteiger partial charge in [-0.05, 0) is 40.5 Å². The smallest absolute Gasteiger partial charge is 0.166 e. The highest BCUT2D eigenvalue weighted by atomic mass is 79.9. The molecule has 0 amide bonds. The molecule has 0 saturated carbocycles. The molecule has 0 aliphatic carbocycles. The Morgan fingerprint density at radius 2 is 2.14 bits per heavy atom. The molecule has 0 aliphatic rings. The maximum Gasteiger partial charge on any atom is 0.166 e. The minimum Gasteiger partial charge on any atom is -0.495 e. The molecule has 0 N–H and O–H groups in total. The number of Topliss-reactive ketones (excluding diaryl/α,β-unsaturated/α-hetero) is 1. The summed E-state index contributed by atoms with van der Waals surface area (Å²) in [6.07, 6.45) is 0.492. The third-order valence-electron chi connectivity index (χ3n) is 2.01. The summed E-state index contributed by atoms with van der Waals surface area (Å²) >= 11 is 3.38. The van der Waals surface area contributed by atoms with Crippen molar-refractivity contribution in [3.05, 3.63) is 27.7 Å². The van der Waals surface area contributed by atoms with E-state index in [1.807, 2.05) is 26.0 Å². The molecule has 0 aliphatic heterocycles. The van der Waals surface area contributed by atoms with Crippen LogP contribution in [0.3, 0.4) is 0 Å². The molecule has 3 heteroatoms. The number of hydrogen-bond acceptors (Lipinski definition) is 2. The summed E-state index contributed by atoms with van der Waals surface area (Å²) in [5.74, 6) is 0.730. The number of carbonyl (C=O) groups is 1. The first-order valence-electron chi connectivity index (χ1n) is 4.47. The van der Waals surface area contributed by atoms with Crippen molar-refractivity contribution >= 4 is 21.7 Å². The summed E-state index contributed by atoms with van der Waals surface area (Å²) in [6, 6.07) is 3.79. The third kappa shape index (κ3) is 2.15. The van der Waals surface area contributed by atoms with Gasteiger partial charge in [0.15, 0.2) is 5.78 Å². The molecule has 0 aromatic heterocycles. The highest BCUT2D eigenvalue weighted by molar-refractivity contribution is 9.10. The standard InChI is InChI=1S/C11H13BrO2/c1-4-10(13)8-5-7(2)6-9(12)11(8)14-3/h5-6H,4H2,1-3H3. The fourth-order valence-electron chi connectivity index (χ4n) is 1.33. The molecule has 14 heavy (non-hydrogen) atoms. The van der Waals surface area contributed by atoms with Crippen LogP contribution in [-0.4, -0.2) is 12.9 Å². The number of halogens is 1. The van der Waals surface area contributed by atoms with Crippen molar-refractivity contribution in [2.24, 2.45) is 0 Å². The minimum absolute atomic E-state index is 0.103. The molecular weight excluding hydrogens is 244 g/mol. The van der Waals surface area contributed by atoms with Gasteiger partial charge in [-0.2, -0.15) is 0 Å². The van der Waals surface area contributed by atoms with Crippen LogP contribution in [0.25, 0.3) is 0 Å². The van der Waals surface area contributed by atoms with Crippen LogP contribution in [0, 0.1) is 6.92 Å². The van der Waals surface area contributed by atoms with Crippen LogP contribution in [0.1, 0.15) is 29.3 Å². The topological polar surface area (TPSA) is 26.3 Å². The molecule has 0 unspecified atom stereocenters. The second kappa shape index (κ2) is 4.60. The predicted molar refractivity (Wildman–Crippen MR) is 60.1 cm³/mol. The minimum atomic E-state index is 0.103. The molecule has 1 aromatic carbocycles.